The van der Waals surface area contributed by atoms with Crippen LogP contribution in [0.15, 0.2) is 37.1 Å². The van der Waals surface area contributed by atoms with Gasteiger partial charge in [-0.2, -0.15) is 0 Å². The predicted molar refractivity (Wildman–Crippen MR) is 75.0 cm³/mol. The number of hydrogen-bond donors (Lipinski definition) is 2. The van der Waals surface area contributed by atoms with Gasteiger partial charge in [0, 0.05) is 37.2 Å². The van der Waals surface area contributed by atoms with Crippen LogP contribution in [0.5, 0.6) is 0 Å². The van der Waals surface area contributed by atoms with Gasteiger partial charge < -0.3 is 15.0 Å². The summed E-state index contributed by atoms with van der Waals surface area (Å²) in [7, 11) is 0. The van der Waals surface area contributed by atoms with Crippen molar-refractivity contribution >= 4 is 11.9 Å². The number of amides is 1. The SMILES string of the molecule is O=C(NCCCCn1ccnc1)c1ccnc(C(=O)O)c1. The number of aromatic nitrogens is 3. The molecule has 2 heterocycles. The van der Waals surface area contributed by atoms with Crippen LogP contribution < -0.4 is 5.32 Å². The molecule has 0 aromatic carbocycles. The summed E-state index contributed by atoms with van der Waals surface area (Å²) in [6.45, 7) is 1.40. The highest BCUT2D eigenvalue weighted by Gasteiger charge is 2.09. The van der Waals surface area contributed by atoms with Gasteiger partial charge in [-0.3, -0.25) is 4.79 Å². The van der Waals surface area contributed by atoms with Crippen LogP contribution in [-0.4, -0.2) is 38.1 Å². The van der Waals surface area contributed by atoms with Gasteiger partial charge in [0.05, 0.1) is 6.33 Å². The highest BCUT2D eigenvalue weighted by Crippen LogP contribution is 2.02. The van der Waals surface area contributed by atoms with E-state index in [2.05, 4.69) is 15.3 Å². The van der Waals surface area contributed by atoms with Crippen LogP contribution in [0.4, 0.5) is 0 Å². The number of carbonyl (C=O) groups is 2. The van der Waals surface area contributed by atoms with E-state index in [-0.39, 0.29) is 11.6 Å². The number of imidazole rings is 1. The zero-order chi connectivity index (χ0) is 15.1. The van der Waals surface area contributed by atoms with Gasteiger partial charge >= 0.3 is 5.97 Å². The van der Waals surface area contributed by atoms with Crippen molar-refractivity contribution in [2.45, 2.75) is 19.4 Å². The van der Waals surface area contributed by atoms with Gasteiger partial charge in [0.25, 0.3) is 5.91 Å². The molecule has 0 spiro atoms. The summed E-state index contributed by atoms with van der Waals surface area (Å²) in [6.07, 6.45) is 8.45. The molecule has 0 atom stereocenters. The van der Waals surface area contributed by atoms with E-state index in [9.17, 15) is 9.59 Å². The average Bonchev–Trinajstić information content (AvgIpc) is 3.00. The Morgan fingerprint density at radius 2 is 2.14 bits per heavy atom. The number of hydrogen-bond acceptors (Lipinski definition) is 4. The minimum absolute atomic E-state index is 0.136. The monoisotopic (exact) mass is 288 g/mol. The Morgan fingerprint density at radius 3 is 2.86 bits per heavy atom. The van der Waals surface area contributed by atoms with Crippen LogP contribution in [0.25, 0.3) is 0 Å². The quantitative estimate of drug-likeness (QED) is 0.746. The van der Waals surface area contributed by atoms with E-state index >= 15 is 0 Å². The van der Waals surface area contributed by atoms with Gasteiger partial charge in [-0.25, -0.2) is 14.8 Å². The minimum Gasteiger partial charge on any atom is -0.477 e. The fourth-order valence-electron chi connectivity index (χ4n) is 1.83. The van der Waals surface area contributed by atoms with Gasteiger partial charge in [0.1, 0.15) is 5.69 Å². The fraction of sp³-hybridized carbons (Fsp3) is 0.286. The van der Waals surface area contributed by atoms with E-state index < -0.39 is 5.97 Å². The van der Waals surface area contributed by atoms with Crippen LogP contribution in [0.3, 0.4) is 0 Å². The number of carboxylic acids is 1. The first-order valence-electron chi connectivity index (χ1n) is 6.60. The zero-order valence-electron chi connectivity index (χ0n) is 11.4. The maximum Gasteiger partial charge on any atom is 0.354 e. The summed E-state index contributed by atoms with van der Waals surface area (Å²) < 4.78 is 1.98. The maximum absolute atomic E-state index is 11.9. The molecule has 0 bridgehead atoms. The molecule has 2 N–H and O–H groups in total. The van der Waals surface area contributed by atoms with Crippen molar-refractivity contribution in [1.82, 2.24) is 19.9 Å². The highest BCUT2D eigenvalue weighted by molar-refractivity contribution is 5.96. The Balaban J connectivity index is 1.74. The molecule has 2 rings (SSSR count). The molecule has 0 fully saturated rings. The highest BCUT2D eigenvalue weighted by atomic mass is 16.4. The van der Waals surface area contributed by atoms with Crippen molar-refractivity contribution in [2.24, 2.45) is 0 Å². The number of aryl methyl sites for hydroxylation is 1. The third kappa shape index (κ3) is 4.41. The third-order valence-electron chi connectivity index (χ3n) is 2.93. The number of carbonyl (C=O) groups excluding carboxylic acids is 1. The molecular formula is C14H16N4O3. The van der Waals surface area contributed by atoms with Gasteiger partial charge in [0.15, 0.2) is 0 Å². The van der Waals surface area contributed by atoms with Crippen LogP contribution in [0.2, 0.25) is 0 Å². The number of unbranched alkanes of at least 4 members (excludes halogenated alkanes) is 1. The Bertz CT molecular complexity index is 610. The van der Waals surface area contributed by atoms with E-state index in [1.807, 2.05) is 10.8 Å². The second-order valence-corrected chi connectivity index (χ2v) is 4.50. The van der Waals surface area contributed by atoms with Crippen LogP contribution in [0, 0.1) is 0 Å². The van der Waals surface area contributed by atoms with E-state index in [0.29, 0.717) is 12.1 Å². The molecule has 0 saturated heterocycles. The van der Waals surface area contributed by atoms with E-state index in [0.717, 1.165) is 19.4 Å². The summed E-state index contributed by atoms with van der Waals surface area (Å²) in [5, 5.41) is 11.6. The largest absolute Gasteiger partial charge is 0.477 e. The molecule has 21 heavy (non-hydrogen) atoms. The molecule has 0 saturated carbocycles. The topological polar surface area (TPSA) is 97.1 Å². The molecule has 0 unspecified atom stereocenters. The number of carboxylic acid groups (broad SMARTS) is 1. The first-order valence-corrected chi connectivity index (χ1v) is 6.60. The summed E-state index contributed by atoms with van der Waals surface area (Å²) in [5.41, 5.74) is 0.166. The first kappa shape index (κ1) is 14.7. The predicted octanol–water partition coefficient (Wildman–Crippen LogP) is 1.19. The lowest BCUT2D eigenvalue weighted by molar-refractivity contribution is 0.0690. The average molecular weight is 288 g/mol. The van der Waals surface area contributed by atoms with Crippen molar-refractivity contribution < 1.29 is 14.7 Å². The molecule has 0 aliphatic heterocycles. The van der Waals surface area contributed by atoms with Gasteiger partial charge in [-0.1, -0.05) is 0 Å². The van der Waals surface area contributed by atoms with Gasteiger partial charge in [-0.05, 0) is 25.0 Å². The standard InChI is InChI=1S/C14H16N4O3/c19-13(11-3-5-16-12(9-11)14(20)21)17-4-1-2-7-18-8-6-15-10-18/h3,5-6,8-10H,1-2,4,7H2,(H,17,19)(H,20,21). The summed E-state index contributed by atoms with van der Waals surface area (Å²) in [5.74, 6) is -1.44. The van der Waals surface area contributed by atoms with E-state index in [4.69, 9.17) is 5.11 Å². The molecule has 7 heteroatoms. The van der Waals surface area contributed by atoms with Crippen molar-refractivity contribution in [3.63, 3.8) is 0 Å². The Hall–Kier alpha value is -2.70. The lowest BCUT2D eigenvalue weighted by atomic mass is 10.2. The molecule has 0 aliphatic carbocycles. The fourth-order valence-corrected chi connectivity index (χ4v) is 1.83. The van der Waals surface area contributed by atoms with Gasteiger partial charge in [0.2, 0.25) is 0 Å². The molecule has 0 aliphatic rings. The molecule has 1 amide bonds. The second kappa shape index (κ2) is 7.18. The molecule has 2 aromatic rings. The van der Waals surface area contributed by atoms with Gasteiger partial charge in [-0.15, -0.1) is 0 Å². The number of nitrogens with one attached hydrogen (secondary N) is 1. The third-order valence-corrected chi connectivity index (χ3v) is 2.93. The maximum atomic E-state index is 11.9. The number of pyridine rings is 1. The van der Waals surface area contributed by atoms with Crippen LogP contribution >= 0.6 is 0 Å². The van der Waals surface area contributed by atoms with E-state index in [1.165, 1.54) is 18.3 Å². The lowest BCUT2D eigenvalue weighted by Crippen LogP contribution is -2.25. The normalized spacial score (nSPS) is 10.3. The summed E-state index contributed by atoms with van der Waals surface area (Å²) in [6, 6.07) is 2.76. The smallest absolute Gasteiger partial charge is 0.354 e. The van der Waals surface area contributed by atoms with Crippen molar-refractivity contribution in [3.05, 3.63) is 48.3 Å². The lowest BCUT2D eigenvalue weighted by Gasteiger charge is -2.06. The molecule has 0 radical (unpaired) electrons. The number of nitrogens with zero attached hydrogens (tertiary/aromatic N) is 3. The van der Waals surface area contributed by atoms with Crippen LogP contribution in [0.1, 0.15) is 33.7 Å². The first-order chi connectivity index (χ1) is 10.2. The van der Waals surface area contributed by atoms with Crippen molar-refractivity contribution in [1.29, 1.82) is 0 Å². The Kier molecular flexibility index (Phi) is 5.03. The summed E-state index contributed by atoms with van der Waals surface area (Å²) >= 11 is 0. The zero-order valence-corrected chi connectivity index (χ0v) is 11.4. The summed E-state index contributed by atoms with van der Waals surface area (Å²) in [4.78, 5) is 30.3. The van der Waals surface area contributed by atoms with Crippen LogP contribution in [-0.2, 0) is 6.54 Å². The molecule has 2 aromatic heterocycles. The Morgan fingerprint density at radius 1 is 1.29 bits per heavy atom. The number of rotatable bonds is 7. The molecule has 110 valence electrons. The molecular weight excluding hydrogens is 272 g/mol. The van der Waals surface area contributed by atoms with Crippen molar-refractivity contribution in [3.8, 4) is 0 Å². The minimum atomic E-state index is -1.15. The van der Waals surface area contributed by atoms with Crippen molar-refractivity contribution in [2.75, 3.05) is 6.54 Å². The van der Waals surface area contributed by atoms with E-state index in [1.54, 1.807) is 12.5 Å². The number of aromatic carboxylic acids is 1. The molecule has 7 nitrogen and oxygen atoms in total. The Labute approximate surface area is 121 Å². The second-order valence-electron chi connectivity index (χ2n) is 4.50.